The van der Waals surface area contributed by atoms with Crippen LogP contribution in [0.5, 0.6) is 5.75 Å². The van der Waals surface area contributed by atoms with Crippen LogP contribution >= 0.6 is 0 Å². The van der Waals surface area contributed by atoms with Gasteiger partial charge in [-0.2, -0.15) is 0 Å². The normalized spacial score (nSPS) is 11.8. The number of phenols is 1. The van der Waals surface area contributed by atoms with E-state index < -0.39 is 0 Å². The van der Waals surface area contributed by atoms with Gasteiger partial charge in [0.25, 0.3) is 0 Å². The number of rotatable bonds is 8. The van der Waals surface area contributed by atoms with Crippen LogP contribution in [-0.4, -0.2) is 15.1 Å². The average molecular weight is 846 g/mol. The van der Waals surface area contributed by atoms with Gasteiger partial charge in [0, 0.05) is 44.4 Å². The second-order valence-corrected chi connectivity index (χ2v) is 13.7. The van der Waals surface area contributed by atoms with Gasteiger partial charge < -0.3 is 10.0 Å². The molecular formula is C46H40N3OPt-. The molecule has 0 amide bonds. The minimum atomic E-state index is -0.180. The number of hydrogen-bond donors (Lipinski definition) is 1. The van der Waals surface area contributed by atoms with Crippen molar-refractivity contribution in [2.24, 2.45) is 0 Å². The smallest absolute Gasteiger partial charge is 0.136 e. The van der Waals surface area contributed by atoms with Crippen molar-refractivity contribution in [1.29, 1.82) is 0 Å². The fourth-order valence-electron chi connectivity index (χ4n) is 6.27. The van der Waals surface area contributed by atoms with E-state index in [9.17, 15) is 5.11 Å². The quantitative estimate of drug-likeness (QED) is 0.155. The van der Waals surface area contributed by atoms with Gasteiger partial charge in [-0.05, 0) is 81.5 Å². The van der Waals surface area contributed by atoms with Crippen LogP contribution in [0.15, 0.2) is 158 Å². The predicted octanol–water partition coefficient (Wildman–Crippen LogP) is 11.9. The van der Waals surface area contributed by atoms with Gasteiger partial charge in [-0.25, -0.2) is 4.98 Å². The van der Waals surface area contributed by atoms with E-state index in [2.05, 4.69) is 130 Å². The molecule has 0 radical (unpaired) electrons. The molecule has 5 aromatic carbocycles. The van der Waals surface area contributed by atoms with E-state index in [1.54, 1.807) is 6.07 Å². The van der Waals surface area contributed by atoms with Crippen molar-refractivity contribution in [1.82, 2.24) is 9.97 Å². The fraction of sp³-hybridized carbons (Fsp3) is 0.130. The molecule has 51 heavy (non-hydrogen) atoms. The summed E-state index contributed by atoms with van der Waals surface area (Å²) in [4.78, 5) is 12.2. The van der Waals surface area contributed by atoms with Crippen LogP contribution in [0.3, 0.4) is 0 Å². The summed E-state index contributed by atoms with van der Waals surface area (Å²) in [5, 5.41) is 11.3. The molecule has 5 heteroatoms. The molecule has 2 heterocycles. The molecule has 1 unspecified atom stereocenters. The predicted molar refractivity (Wildman–Crippen MR) is 206 cm³/mol. The third-order valence-corrected chi connectivity index (χ3v) is 9.16. The topological polar surface area (TPSA) is 49.2 Å². The zero-order valence-corrected chi connectivity index (χ0v) is 31.5. The van der Waals surface area contributed by atoms with Crippen LogP contribution in [0.4, 0.5) is 17.2 Å². The molecule has 0 aliphatic rings. The number of nitrogens with zero attached hydrogens (tertiary/aromatic N) is 3. The van der Waals surface area contributed by atoms with Gasteiger partial charge >= 0.3 is 0 Å². The van der Waals surface area contributed by atoms with Crippen LogP contribution in [0.25, 0.3) is 33.6 Å². The summed E-state index contributed by atoms with van der Waals surface area (Å²) in [6.07, 6.45) is 1.81. The maximum absolute atomic E-state index is 11.3. The molecule has 4 nitrogen and oxygen atoms in total. The number of benzene rings is 5. The van der Waals surface area contributed by atoms with Crippen molar-refractivity contribution >= 4 is 17.2 Å². The molecule has 0 fully saturated rings. The van der Waals surface area contributed by atoms with Crippen molar-refractivity contribution in [2.45, 2.75) is 39.0 Å². The first-order chi connectivity index (χ1) is 24.2. The molecule has 0 bridgehead atoms. The first-order valence-electron chi connectivity index (χ1n) is 17.0. The summed E-state index contributed by atoms with van der Waals surface area (Å²) in [6.45, 7) is 8.81. The summed E-state index contributed by atoms with van der Waals surface area (Å²) in [5.41, 5.74) is 10.3. The van der Waals surface area contributed by atoms with Gasteiger partial charge in [-0.1, -0.05) is 130 Å². The van der Waals surface area contributed by atoms with Crippen LogP contribution < -0.4 is 4.90 Å². The number of para-hydroxylation sites is 1. The Bertz CT molecular complexity index is 2180. The molecule has 0 saturated carbocycles. The summed E-state index contributed by atoms with van der Waals surface area (Å²) >= 11 is 0. The minimum absolute atomic E-state index is 0. The molecule has 0 aliphatic carbocycles. The monoisotopic (exact) mass is 845 g/mol. The number of aromatic hydroxyl groups is 1. The van der Waals surface area contributed by atoms with E-state index in [4.69, 9.17) is 9.97 Å². The molecule has 0 saturated heterocycles. The summed E-state index contributed by atoms with van der Waals surface area (Å²) in [5.74, 6) is 1.14. The first-order valence-corrected chi connectivity index (χ1v) is 17.0. The summed E-state index contributed by atoms with van der Waals surface area (Å²) in [7, 11) is 0. The molecule has 7 aromatic rings. The zero-order chi connectivity index (χ0) is 34.7. The van der Waals surface area contributed by atoms with Crippen LogP contribution in [-0.2, 0) is 26.5 Å². The zero-order valence-electron chi connectivity index (χ0n) is 29.2. The maximum atomic E-state index is 11.3. The third-order valence-electron chi connectivity index (χ3n) is 9.16. The van der Waals surface area contributed by atoms with Crippen molar-refractivity contribution in [3.05, 3.63) is 181 Å². The van der Waals surface area contributed by atoms with Crippen LogP contribution in [0.2, 0.25) is 0 Å². The first kappa shape index (κ1) is 35.5. The molecule has 1 N–H and O–H groups in total. The molecule has 2 aromatic heterocycles. The van der Waals surface area contributed by atoms with E-state index in [0.717, 1.165) is 56.4 Å². The standard InChI is InChI=1S/C46H40N3O.Pt/c1-32(33-16-8-5-9-17-33)35-23-24-44(50)41(29-35)43-31-38(46(2,3)4)30-42(48-43)37-26-36(34-18-10-6-11-19-34)27-40(28-37)49(39-20-12-7-13-21-39)45-22-14-15-25-47-45;/h5-27,29-32,50H,1-4H3;/q-1;. The Morgan fingerprint density at radius 1 is 0.647 bits per heavy atom. The summed E-state index contributed by atoms with van der Waals surface area (Å²) in [6, 6.07) is 55.3. The van der Waals surface area contributed by atoms with Crippen LogP contribution in [0.1, 0.15) is 50.3 Å². The second-order valence-electron chi connectivity index (χ2n) is 13.7. The minimum Gasteiger partial charge on any atom is -0.507 e. The Balaban J connectivity index is 0.00000448. The molecule has 0 aliphatic heterocycles. The van der Waals surface area contributed by atoms with Crippen molar-refractivity contribution in [3.8, 4) is 39.4 Å². The Labute approximate surface area is 315 Å². The van der Waals surface area contributed by atoms with Crippen molar-refractivity contribution in [3.63, 3.8) is 0 Å². The van der Waals surface area contributed by atoms with E-state index in [1.165, 1.54) is 5.56 Å². The Kier molecular flexibility index (Phi) is 10.6. The van der Waals surface area contributed by atoms with Gasteiger partial charge in [0.15, 0.2) is 0 Å². The van der Waals surface area contributed by atoms with E-state index in [0.29, 0.717) is 5.56 Å². The van der Waals surface area contributed by atoms with Crippen molar-refractivity contribution < 1.29 is 26.2 Å². The Morgan fingerprint density at radius 2 is 1.29 bits per heavy atom. The summed E-state index contributed by atoms with van der Waals surface area (Å²) < 4.78 is 0. The SMILES string of the molecule is CC(c1ccccc1)c1ccc(O)c(-c2cc(C(C)(C)C)cc(-c3[c-]c(N(c4ccccc4)c4ccccn4)cc(-c4ccccc4)c3)n2)c1.[Pt]. The van der Waals surface area contributed by atoms with Gasteiger partial charge in [0.1, 0.15) is 11.6 Å². The number of hydrogen-bond acceptors (Lipinski definition) is 4. The molecule has 256 valence electrons. The molecule has 1 atom stereocenters. The van der Waals surface area contributed by atoms with Gasteiger partial charge in [0.05, 0.1) is 5.69 Å². The number of anilines is 3. The van der Waals surface area contributed by atoms with Crippen molar-refractivity contribution in [2.75, 3.05) is 4.90 Å². The number of pyridine rings is 2. The largest absolute Gasteiger partial charge is 0.507 e. The van der Waals surface area contributed by atoms with E-state index >= 15 is 0 Å². The molecule has 7 rings (SSSR count). The molecular weight excluding hydrogens is 806 g/mol. The Morgan fingerprint density at radius 3 is 1.96 bits per heavy atom. The fourth-order valence-corrected chi connectivity index (χ4v) is 6.27. The average Bonchev–Trinajstić information content (AvgIpc) is 3.16. The van der Waals surface area contributed by atoms with Gasteiger partial charge in [-0.15, -0.1) is 23.8 Å². The van der Waals surface area contributed by atoms with E-state index in [1.807, 2.05) is 60.8 Å². The van der Waals surface area contributed by atoms with Gasteiger partial charge in [0.2, 0.25) is 0 Å². The van der Waals surface area contributed by atoms with E-state index in [-0.39, 0.29) is 38.1 Å². The Hall–Kier alpha value is -5.31. The third kappa shape index (κ3) is 7.88. The number of aromatic nitrogens is 2. The maximum Gasteiger partial charge on any atom is 0.136 e. The molecule has 0 spiro atoms. The van der Waals surface area contributed by atoms with Gasteiger partial charge in [-0.3, -0.25) is 4.98 Å². The number of phenolic OH excluding ortho intramolecular Hbond substituents is 1. The second kappa shape index (κ2) is 15.3. The van der Waals surface area contributed by atoms with Crippen LogP contribution in [0, 0.1) is 6.07 Å².